The monoisotopic (exact) mass is 407 g/mol. The molecule has 1 aromatic carbocycles. The smallest absolute Gasteiger partial charge is 0.330 e. The highest BCUT2D eigenvalue weighted by molar-refractivity contribution is 7.92. The Morgan fingerprint density at radius 2 is 1.79 bits per heavy atom. The van der Waals surface area contributed by atoms with Crippen LogP contribution < -0.4 is 16.0 Å². The maximum atomic E-state index is 11.9. The van der Waals surface area contributed by atoms with Gasteiger partial charge in [-0.2, -0.15) is 0 Å². The molecule has 2 aromatic rings. The average molecular weight is 407 g/mol. The van der Waals surface area contributed by atoms with Crippen molar-refractivity contribution >= 4 is 22.1 Å². The molecule has 0 fully saturated rings. The molecule has 0 amide bonds. The molecule has 0 aliphatic rings. The number of nitrogens with one attached hydrogen (secondary N) is 1. The van der Waals surface area contributed by atoms with Gasteiger partial charge in [0.25, 0.3) is 5.56 Å². The second-order valence-electron chi connectivity index (χ2n) is 6.11. The highest BCUT2D eigenvalue weighted by Gasteiger charge is 2.12. The average Bonchev–Trinajstić information content (AvgIpc) is 2.66. The lowest BCUT2D eigenvalue weighted by atomic mass is 10.2. The Hall–Kier alpha value is -2.98. The minimum atomic E-state index is -3.84. The third-order valence-electron chi connectivity index (χ3n) is 3.94. The van der Waals surface area contributed by atoms with Gasteiger partial charge in [-0.25, -0.2) is 17.9 Å². The summed E-state index contributed by atoms with van der Waals surface area (Å²) in [6.07, 6.45) is 1.41. The van der Waals surface area contributed by atoms with Gasteiger partial charge in [-0.05, 0) is 18.6 Å². The fourth-order valence-corrected chi connectivity index (χ4v) is 2.93. The van der Waals surface area contributed by atoms with Gasteiger partial charge >= 0.3 is 11.7 Å². The van der Waals surface area contributed by atoms with Gasteiger partial charge in [-0.1, -0.05) is 29.8 Å². The number of hydrogen-bond donors (Lipinski definition) is 1. The molecular weight excluding hydrogens is 386 g/mol. The van der Waals surface area contributed by atoms with E-state index in [9.17, 15) is 22.8 Å². The highest BCUT2D eigenvalue weighted by atomic mass is 32.2. The summed E-state index contributed by atoms with van der Waals surface area (Å²) in [6.45, 7) is 1.00. The number of nitrogens with zero attached hydrogens (tertiary/aromatic N) is 2. The quantitative estimate of drug-likeness (QED) is 0.647. The summed E-state index contributed by atoms with van der Waals surface area (Å²) in [7, 11) is -1.07. The standard InChI is InChI=1S/C18H21N3O6S/c1-13-4-6-14(7-5-13)8-9-28(25,26)19-11-17(23)27-12-15-10-16(22)21(3)18(24)20(15)2/h4-10,19H,11-12H2,1-3H3/b9-8+. The third-order valence-corrected chi connectivity index (χ3v) is 4.98. The zero-order valence-electron chi connectivity index (χ0n) is 15.7. The molecule has 0 unspecified atom stereocenters. The summed E-state index contributed by atoms with van der Waals surface area (Å²) >= 11 is 0. The van der Waals surface area contributed by atoms with E-state index in [1.165, 1.54) is 30.8 Å². The van der Waals surface area contributed by atoms with E-state index in [-0.39, 0.29) is 12.3 Å². The lowest BCUT2D eigenvalue weighted by Gasteiger charge is -2.10. The van der Waals surface area contributed by atoms with Crippen LogP contribution in [0.3, 0.4) is 0 Å². The maximum absolute atomic E-state index is 11.9. The minimum Gasteiger partial charge on any atom is -0.458 e. The molecule has 0 atom stereocenters. The van der Waals surface area contributed by atoms with Crippen LogP contribution in [0.15, 0.2) is 45.3 Å². The Morgan fingerprint density at radius 3 is 2.43 bits per heavy atom. The van der Waals surface area contributed by atoms with Gasteiger partial charge in [0.1, 0.15) is 13.2 Å². The van der Waals surface area contributed by atoms with Crippen molar-refractivity contribution in [2.75, 3.05) is 6.54 Å². The van der Waals surface area contributed by atoms with Crippen molar-refractivity contribution in [3.05, 3.63) is 73.4 Å². The van der Waals surface area contributed by atoms with Gasteiger partial charge in [0, 0.05) is 25.6 Å². The van der Waals surface area contributed by atoms with Crippen LogP contribution in [-0.2, 0) is 40.3 Å². The number of hydrogen-bond acceptors (Lipinski definition) is 6. The third kappa shape index (κ3) is 5.76. The van der Waals surface area contributed by atoms with E-state index < -0.39 is 33.8 Å². The van der Waals surface area contributed by atoms with Crippen LogP contribution in [0.1, 0.15) is 16.8 Å². The first kappa shape index (κ1) is 21.3. The number of esters is 1. The van der Waals surface area contributed by atoms with Gasteiger partial charge in [-0.15, -0.1) is 0 Å². The number of carbonyl (C=O) groups is 1. The van der Waals surface area contributed by atoms with Crippen LogP contribution in [0, 0.1) is 6.92 Å². The highest BCUT2D eigenvalue weighted by Crippen LogP contribution is 2.06. The van der Waals surface area contributed by atoms with Crippen molar-refractivity contribution in [1.82, 2.24) is 13.9 Å². The largest absolute Gasteiger partial charge is 0.458 e. The Balaban J connectivity index is 1.92. The number of sulfonamides is 1. The van der Waals surface area contributed by atoms with Crippen LogP contribution in [0.5, 0.6) is 0 Å². The molecule has 10 heteroatoms. The molecule has 0 aliphatic heterocycles. The SMILES string of the molecule is Cc1ccc(/C=C/S(=O)(=O)NCC(=O)OCc2cc(=O)n(C)c(=O)n2C)cc1. The van der Waals surface area contributed by atoms with E-state index in [1.54, 1.807) is 12.1 Å². The molecule has 0 aliphatic carbocycles. The molecule has 1 aromatic heterocycles. The molecule has 0 saturated carbocycles. The Morgan fingerprint density at radius 1 is 1.14 bits per heavy atom. The van der Waals surface area contributed by atoms with Crippen molar-refractivity contribution in [1.29, 1.82) is 0 Å². The Kier molecular flexibility index (Phi) is 6.71. The van der Waals surface area contributed by atoms with E-state index in [4.69, 9.17) is 4.74 Å². The molecule has 0 bridgehead atoms. The normalized spacial score (nSPS) is 11.7. The molecule has 1 N–H and O–H groups in total. The van der Waals surface area contributed by atoms with E-state index in [0.29, 0.717) is 5.56 Å². The van der Waals surface area contributed by atoms with E-state index in [1.807, 2.05) is 19.1 Å². The van der Waals surface area contributed by atoms with Gasteiger partial charge in [0.15, 0.2) is 0 Å². The van der Waals surface area contributed by atoms with Crippen molar-refractivity contribution in [3.8, 4) is 0 Å². The zero-order valence-corrected chi connectivity index (χ0v) is 16.5. The summed E-state index contributed by atoms with van der Waals surface area (Å²) in [6, 6.07) is 8.40. The van der Waals surface area contributed by atoms with E-state index in [2.05, 4.69) is 4.72 Å². The minimum absolute atomic E-state index is 0.198. The van der Waals surface area contributed by atoms with Crippen LogP contribution in [-0.4, -0.2) is 30.1 Å². The number of aromatic nitrogens is 2. The van der Waals surface area contributed by atoms with Gasteiger partial charge in [0.2, 0.25) is 10.0 Å². The number of aryl methyl sites for hydroxylation is 1. The van der Waals surface area contributed by atoms with Crippen LogP contribution >= 0.6 is 0 Å². The second-order valence-corrected chi connectivity index (χ2v) is 7.77. The lowest BCUT2D eigenvalue weighted by Crippen LogP contribution is -2.38. The molecule has 28 heavy (non-hydrogen) atoms. The number of carbonyl (C=O) groups excluding carboxylic acids is 1. The fourth-order valence-electron chi connectivity index (χ4n) is 2.18. The van der Waals surface area contributed by atoms with Crippen LogP contribution in [0.2, 0.25) is 0 Å². The molecule has 150 valence electrons. The molecule has 2 rings (SSSR count). The van der Waals surface area contributed by atoms with Crippen molar-refractivity contribution in [3.63, 3.8) is 0 Å². The Bertz CT molecular complexity index is 1110. The van der Waals surface area contributed by atoms with Crippen molar-refractivity contribution in [2.45, 2.75) is 13.5 Å². The molecule has 0 radical (unpaired) electrons. The predicted molar refractivity (Wildman–Crippen MR) is 104 cm³/mol. The lowest BCUT2D eigenvalue weighted by molar-refractivity contribution is -0.143. The van der Waals surface area contributed by atoms with Crippen molar-refractivity contribution in [2.24, 2.45) is 14.1 Å². The summed E-state index contributed by atoms with van der Waals surface area (Å²) in [4.78, 5) is 35.2. The number of rotatable bonds is 7. The number of ether oxygens (including phenoxy) is 1. The van der Waals surface area contributed by atoms with Crippen molar-refractivity contribution < 1.29 is 17.9 Å². The van der Waals surface area contributed by atoms with E-state index in [0.717, 1.165) is 15.5 Å². The first-order chi connectivity index (χ1) is 13.1. The van der Waals surface area contributed by atoms with Gasteiger partial charge in [-0.3, -0.25) is 18.7 Å². The number of benzene rings is 1. The topological polar surface area (TPSA) is 116 Å². The molecule has 0 spiro atoms. The molecule has 9 nitrogen and oxygen atoms in total. The Labute approximate surface area is 161 Å². The summed E-state index contributed by atoms with van der Waals surface area (Å²) < 4.78 is 33.0. The summed E-state index contributed by atoms with van der Waals surface area (Å²) in [5, 5.41) is 0.954. The summed E-state index contributed by atoms with van der Waals surface area (Å²) in [5.41, 5.74) is 0.861. The van der Waals surface area contributed by atoms with Crippen LogP contribution in [0.25, 0.3) is 6.08 Å². The fraction of sp³-hybridized carbons (Fsp3) is 0.278. The second kappa shape index (κ2) is 8.81. The van der Waals surface area contributed by atoms with Gasteiger partial charge in [0.05, 0.1) is 5.69 Å². The predicted octanol–water partition coefficient (Wildman–Crippen LogP) is 0.0259. The summed E-state index contributed by atoms with van der Waals surface area (Å²) in [5.74, 6) is -0.847. The first-order valence-electron chi connectivity index (χ1n) is 8.25. The molecular formula is C18H21N3O6S. The first-order valence-corrected chi connectivity index (χ1v) is 9.79. The van der Waals surface area contributed by atoms with Crippen LogP contribution in [0.4, 0.5) is 0 Å². The molecule has 1 heterocycles. The van der Waals surface area contributed by atoms with Gasteiger partial charge < -0.3 is 4.74 Å². The maximum Gasteiger partial charge on any atom is 0.330 e. The van der Waals surface area contributed by atoms with E-state index >= 15 is 0 Å². The zero-order chi connectivity index (χ0) is 20.9. The molecule has 0 saturated heterocycles.